The summed E-state index contributed by atoms with van der Waals surface area (Å²) in [5, 5.41) is 5.21. The first kappa shape index (κ1) is 31.7. The highest BCUT2D eigenvalue weighted by atomic mass is 32.2. The molecular weight excluding hydrogens is 583 g/mol. The second kappa shape index (κ2) is 14.3. The number of nitrogens with zero attached hydrogens (tertiary/aromatic N) is 2. The van der Waals surface area contributed by atoms with Crippen molar-refractivity contribution in [3.05, 3.63) is 82.0 Å². The van der Waals surface area contributed by atoms with E-state index in [1.165, 1.54) is 9.18 Å². The number of carbonyl (C=O) groups excluding carboxylic acids is 1. The molecule has 3 aromatic rings. The van der Waals surface area contributed by atoms with E-state index in [-0.39, 0.29) is 30.6 Å². The van der Waals surface area contributed by atoms with Gasteiger partial charge in [0.25, 0.3) is 0 Å². The molecule has 1 fully saturated rings. The summed E-state index contributed by atoms with van der Waals surface area (Å²) in [5.74, 6) is 1.53. The molecule has 8 nitrogen and oxygen atoms in total. The van der Waals surface area contributed by atoms with Gasteiger partial charge >= 0.3 is 0 Å². The molecule has 1 aliphatic carbocycles. The van der Waals surface area contributed by atoms with Gasteiger partial charge in [-0.25, -0.2) is 8.42 Å². The molecule has 0 bridgehead atoms. The maximum atomic E-state index is 13.7. The summed E-state index contributed by atoms with van der Waals surface area (Å²) in [4.78, 5) is 16.7. The maximum Gasteiger partial charge on any atom is 0.246 e. The predicted molar refractivity (Wildman–Crippen MR) is 170 cm³/mol. The first-order chi connectivity index (χ1) is 20.8. The van der Waals surface area contributed by atoms with E-state index < -0.39 is 16.1 Å². The molecule has 2 aromatic carbocycles. The van der Waals surface area contributed by atoms with Crippen molar-refractivity contribution in [2.45, 2.75) is 55.6 Å². The lowest BCUT2D eigenvalue weighted by Crippen LogP contribution is -2.47. The van der Waals surface area contributed by atoms with E-state index in [9.17, 15) is 13.2 Å². The standard InChI is InChI=1S/C33H43N3O5S2/c1-35(2)33(31-9-6-18-42-31)25-12-10-24(11-13-25)20-34-32(37)23-41-22-28-19-26-7-4-5-8-27(26)21-36(28)43(38,39)30-16-14-29(40-3)15-17-30/h4-9,14-18,24-25,28,33H,10-13,19-23H2,1-3H3,(H,34,37). The smallest absolute Gasteiger partial charge is 0.246 e. The molecule has 1 saturated carbocycles. The summed E-state index contributed by atoms with van der Waals surface area (Å²) in [7, 11) is 2.08. The predicted octanol–water partition coefficient (Wildman–Crippen LogP) is 5.11. The average Bonchev–Trinajstić information content (AvgIpc) is 3.54. The molecule has 1 N–H and O–H groups in total. The van der Waals surface area contributed by atoms with E-state index >= 15 is 0 Å². The van der Waals surface area contributed by atoms with Crippen LogP contribution in [0.15, 0.2) is 70.9 Å². The average molecular weight is 626 g/mol. The summed E-state index contributed by atoms with van der Waals surface area (Å²) in [6.45, 7) is 0.950. The molecule has 1 amide bonds. The van der Waals surface area contributed by atoms with Crippen molar-refractivity contribution in [1.29, 1.82) is 0 Å². The van der Waals surface area contributed by atoms with E-state index in [4.69, 9.17) is 9.47 Å². The Morgan fingerprint density at radius 1 is 1.02 bits per heavy atom. The van der Waals surface area contributed by atoms with Crippen molar-refractivity contribution >= 4 is 27.3 Å². The number of carbonyl (C=O) groups is 1. The van der Waals surface area contributed by atoms with Gasteiger partial charge < -0.3 is 19.7 Å². The number of methoxy groups -OCH3 is 1. The number of amides is 1. The molecule has 1 aromatic heterocycles. The van der Waals surface area contributed by atoms with E-state index in [0.29, 0.717) is 36.6 Å². The number of nitrogens with one attached hydrogen (secondary N) is 1. The van der Waals surface area contributed by atoms with Crippen LogP contribution in [-0.2, 0) is 32.5 Å². The van der Waals surface area contributed by atoms with Crippen LogP contribution in [0.4, 0.5) is 0 Å². The summed E-state index contributed by atoms with van der Waals surface area (Å²) < 4.78 is 40.0. The van der Waals surface area contributed by atoms with Crippen LogP contribution in [0.2, 0.25) is 0 Å². The Labute approximate surface area is 260 Å². The zero-order valence-electron chi connectivity index (χ0n) is 25.3. The number of hydrogen-bond acceptors (Lipinski definition) is 7. The number of sulfonamides is 1. The van der Waals surface area contributed by atoms with Crippen LogP contribution >= 0.6 is 11.3 Å². The Bertz CT molecular complexity index is 1440. The molecule has 232 valence electrons. The Kier molecular flexibility index (Phi) is 10.6. The molecule has 1 aliphatic heterocycles. The van der Waals surface area contributed by atoms with Gasteiger partial charge in [-0.05, 0) is 105 Å². The maximum absolute atomic E-state index is 13.7. The second-order valence-corrected chi connectivity index (χ2v) is 14.7. The number of hydrogen-bond donors (Lipinski definition) is 1. The zero-order valence-corrected chi connectivity index (χ0v) is 26.9. The Hall–Kier alpha value is -2.76. The fraction of sp³-hybridized carbons (Fsp3) is 0.485. The number of fused-ring (bicyclic) bond motifs is 1. The van der Waals surface area contributed by atoms with Gasteiger partial charge in [0.05, 0.1) is 24.7 Å². The van der Waals surface area contributed by atoms with Crippen molar-refractivity contribution in [2.24, 2.45) is 11.8 Å². The minimum atomic E-state index is -3.79. The van der Waals surface area contributed by atoms with Crippen LogP contribution in [0.3, 0.4) is 0 Å². The molecule has 0 saturated heterocycles. The lowest BCUT2D eigenvalue weighted by atomic mass is 9.77. The number of benzene rings is 2. The van der Waals surface area contributed by atoms with Crippen LogP contribution in [0.25, 0.3) is 0 Å². The SMILES string of the molecule is COc1ccc(S(=O)(=O)N2Cc3ccccc3CC2COCC(=O)NCC2CCC(C(c3cccs3)N(C)C)CC2)cc1. The highest BCUT2D eigenvalue weighted by Crippen LogP contribution is 2.40. The van der Waals surface area contributed by atoms with Crippen molar-refractivity contribution < 1.29 is 22.7 Å². The molecule has 43 heavy (non-hydrogen) atoms. The van der Waals surface area contributed by atoms with Crippen molar-refractivity contribution in [3.63, 3.8) is 0 Å². The van der Waals surface area contributed by atoms with Crippen LogP contribution < -0.4 is 10.1 Å². The monoisotopic (exact) mass is 625 g/mol. The number of ether oxygens (including phenoxy) is 2. The van der Waals surface area contributed by atoms with Crippen LogP contribution in [0.1, 0.15) is 47.7 Å². The Morgan fingerprint density at radius 2 is 1.74 bits per heavy atom. The lowest BCUT2D eigenvalue weighted by molar-refractivity contribution is -0.126. The minimum Gasteiger partial charge on any atom is -0.497 e. The van der Waals surface area contributed by atoms with Gasteiger partial charge in [-0.15, -0.1) is 11.3 Å². The van der Waals surface area contributed by atoms with Gasteiger partial charge in [0.15, 0.2) is 0 Å². The third-order valence-corrected chi connectivity index (χ3v) is 11.7. The van der Waals surface area contributed by atoms with Gasteiger partial charge in [-0.1, -0.05) is 30.3 Å². The van der Waals surface area contributed by atoms with Crippen LogP contribution in [0, 0.1) is 11.8 Å². The van der Waals surface area contributed by atoms with Crippen LogP contribution in [0.5, 0.6) is 5.75 Å². The molecule has 2 atom stereocenters. The summed E-state index contributed by atoms with van der Waals surface area (Å²) in [6, 6.07) is 18.7. The van der Waals surface area contributed by atoms with Gasteiger partial charge in [-0.3, -0.25) is 4.79 Å². The molecule has 2 unspecified atom stereocenters. The van der Waals surface area contributed by atoms with Crippen molar-refractivity contribution in [2.75, 3.05) is 41.0 Å². The second-order valence-electron chi connectivity index (χ2n) is 11.9. The fourth-order valence-electron chi connectivity index (χ4n) is 6.54. The third-order valence-electron chi connectivity index (χ3n) is 8.83. The van der Waals surface area contributed by atoms with E-state index in [0.717, 1.165) is 36.8 Å². The van der Waals surface area contributed by atoms with Gasteiger partial charge in [0, 0.05) is 24.0 Å². The van der Waals surface area contributed by atoms with Crippen molar-refractivity contribution in [3.8, 4) is 5.75 Å². The fourth-order valence-corrected chi connectivity index (χ4v) is 9.14. The number of rotatable bonds is 12. The summed E-state index contributed by atoms with van der Waals surface area (Å²) >= 11 is 1.83. The molecule has 0 spiro atoms. The third kappa shape index (κ3) is 7.67. The minimum absolute atomic E-state index is 0.0923. The molecule has 2 heterocycles. The topological polar surface area (TPSA) is 88.2 Å². The molecule has 10 heteroatoms. The molecular formula is C33H43N3O5S2. The van der Waals surface area contributed by atoms with Crippen molar-refractivity contribution in [1.82, 2.24) is 14.5 Å². The normalized spacial score (nSPS) is 21.7. The lowest BCUT2D eigenvalue weighted by Gasteiger charge is -2.37. The molecule has 2 aliphatic rings. The first-order valence-electron chi connectivity index (χ1n) is 15.0. The van der Waals surface area contributed by atoms with Gasteiger partial charge in [0.1, 0.15) is 12.4 Å². The summed E-state index contributed by atoms with van der Waals surface area (Å²) in [5.41, 5.74) is 2.09. The van der Waals surface area contributed by atoms with E-state index in [1.54, 1.807) is 31.4 Å². The quantitative estimate of drug-likeness (QED) is 0.301. The van der Waals surface area contributed by atoms with E-state index in [2.05, 4.69) is 41.8 Å². The zero-order chi connectivity index (χ0) is 30.4. The van der Waals surface area contributed by atoms with Gasteiger partial charge in [0.2, 0.25) is 15.9 Å². The van der Waals surface area contributed by atoms with Crippen LogP contribution in [-0.4, -0.2) is 70.5 Å². The largest absolute Gasteiger partial charge is 0.497 e. The highest BCUT2D eigenvalue weighted by molar-refractivity contribution is 7.89. The Morgan fingerprint density at radius 3 is 2.40 bits per heavy atom. The highest BCUT2D eigenvalue weighted by Gasteiger charge is 2.36. The number of thiophene rings is 1. The first-order valence-corrected chi connectivity index (χ1v) is 17.3. The summed E-state index contributed by atoms with van der Waals surface area (Å²) in [6.07, 6.45) is 5.02. The van der Waals surface area contributed by atoms with Gasteiger partial charge in [-0.2, -0.15) is 4.31 Å². The molecule has 0 radical (unpaired) electrons. The van der Waals surface area contributed by atoms with E-state index in [1.807, 2.05) is 35.6 Å². The molecule has 5 rings (SSSR count). The Balaban J connectivity index is 1.12.